The van der Waals surface area contributed by atoms with Crippen LogP contribution < -0.4 is 5.32 Å². The minimum Gasteiger partial charge on any atom is -0.468 e. The first-order valence-corrected chi connectivity index (χ1v) is 7.02. The van der Waals surface area contributed by atoms with Gasteiger partial charge in [-0.3, -0.25) is 10.1 Å². The highest BCUT2D eigenvalue weighted by atomic mass is 32.1. The Morgan fingerprint density at radius 1 is 1.72 bits per heavy atom. The molecule has 2 atom stereocenters. The summed E-state index contributed by atoms with van der Waals surface area (Å²) in [6.07, 6.45) is 1.40. The monoisotopic (exact) mass is 269 g/mol. The lowest BCUT2D eigenvalue weighted by atomic mass is 9.87. The highest BCUT2D eigenvalue weighted by Crippen LogP contribution is 2.27. The van der Waals surface area contributed by atoms with Crippen LogP contribution in [-0.4, -0.2) is 31.3 Å². The predicted octanol–water partition coefficient (Wildman–Crippen LogP) is 1.95. The van der Waals surface area contributed by atoms with Crippen LogP contribution in [0.5, 0.6) is 0 Å². The van der Waals surface area contributed by atoms with Gasteiger partial charge in [-0.15, -0.1) is 11.3 Å². The molecule has 1 aliphatic heterocycles. The summed E-state index contributed by atoms with van der Waals surface area (Å²) in [6, 6.07) is 4.07. The maximum atomic E-state index is 12.1. The number of carbonyl (C=O) groups excluding carboxylic acids is 1. The molecule has 0 saturated carbocycles. The first-order chi connectivity index (χ1) is 8.66. The number of carbonyl (C=O) groups is 1. The molecule has 5 heteroatoms. The number of hydrogen-bond donors (Lipinski definition) is 1. The first-order valence-electron chi connectivity index (χ1n) is 6.14. The molecule has 4 nitrogen and oxygen atoms in total. The summed E-state index contributed by atoms with van der Waals surface area (Å²) >= 11 is 1.68. The third kappa shape index (κ3) is 2.91. The zero-order valence-corrected chi connectivity index (χ0v) is 11.6. The average Bonchev–Trinajstić information content (AvgIpc) is 2.88. The highest BCUT2D eigenvalue weighted by Gasteiger charge is 2.43. The molecule has 0 bridgehead atoms. The minimum atomic E-state index is -0.601. The van der Waals surface area contributed by atoms with Crippen LogP contribution in [0, 0.1) is 0 Å². The Balaban J connectivity index is 2.07. The molecular weight excluding hydrogens is 250 g/mol. The number of nitrogens with one attached hydrogen (secondary N) is 1. The summed E-state index contributed by atoms with van der Waals surface area (Å²) in [5, 5.41) is 5.41. The van der Waals surface area contributed by atoms with E-state index in [4.69, 9.17) is 9.47 Å². The molecule has 100 valence electrons. The van der Waals surface area contributed by atoms with Crippen LogP contribution in [0.3, 0.4) is 0 Å². The fourth-order valence-electron chi connectivity index (χ4n) is 2.37. The van der Waals surface area contributed by atoms with E-state index in [0.717, 1.165) is 0 Å². The Hall–Kier alpha value is -0.910. The second-order valence-electron chi connectivity index (χ2n) is 4.64. The van der Waals surface area contributed by atoms with Gasteiger partial charge in [0, 0.05) is 24.4 Å². The molecule has 1 N–H and O–H groups in total. The van der Waals surface area contributed by atoms with Gasteiger partial charge in [0.2, 0.25) is 0 Å². The van der Waals surface area contributed by atoms with Crippen molar-refractivity contribution in [2.45, 2.75) is 38.0 Å². The zero-order valence-electron chi connectivity index (χ0n) is 10.8. The van der Waals surface area contributed by atoms with E-state index >= 15 is 0 Å². The van der Waals surface area contributed by atoms with Crippen LogP contribution >= 0.6 is 11.3 Å². The van der Waals surface area contributed by atoms with Crippen LogP contribution in [0.1, 0.15) is 24.6 Å². The lowest BCUT2D eigenvalue weighted by Gasteiger charge is -2.38. The molecule has 0 amide bonds. The normalized spacial score (nSPS) is 28.0. The van der Waals surface area contributed by atoms with Crippen molar-refractivity contribution < 1.29 is 14.3 Å². The Morgan fingerprint density at radius 3 is 3.17 bits per heavy atom. The molecule has 2 rings (SSSR count). The van der Waals surface area contributed by atoms with Crippen molar-refractivity contribution in [3.63, 3.8) is 0 Å². The molecular formula is C13H19NO3S. The molecule has 1 aromatic rings. The third-order valence-corrected chi connectivity index (χ3v) is 4.20. The number of esters is 1. The summed E-state index contributed by atoms with van der Waals surface area (Å²) in [6.45, 7) is 3.27. The van der Waals surface area contributed by atoms with Gasteiger partial charge < -0.3 is 9.47 Å². The van der Waals surface area contributed by atoms with Crippen LogP contribution in [0.4, 0.5) is 0 Å². The molecule has 1 fully saturated rings. The summed E-state index contributed by atoms with van der Waals surface area (Å²) in [5.41, 5.74) is -0.601. The number of ether oxygens (including phenoxy) is 2. The molecule has 2 heterocycles. The van der Waals surface area contributed by atoms with E-state index in [1.165, 1.54) is 12.0 Å². The Labute approximate surface area is 111 Å². The molecule has 0 radical (unpaired) electrons. The zero-order chi connectivity index (χ0) is 13.0. The van der Waals surface area contributed by atoms with Gasteiger partial charge in [0.15, 0.2) is 0 Å². The van der Waals surface area contributed by atoms with Crippen molar-refractivity contribution in [3.8, 4) is 0 Å². The number of methoxy groups -OCH3 is 1. The van der Waals surface area contributed by atoms with Gasteiger partial charge in [-0.25, -0.2) is 0 Å². The highest BCUT2D eigenvalue weighted by molar-refractivity contribution is 7.09. The summed E-state index contributed by atoms with van der Waals surface area (Å²) < 4.78 is 10.5. The van der Waals surface area contributed by atoms with E-state index in [1.807, 2.05) is 18.4 Å². The van der Waals surface area contributed by atoms with Gasteiger partial charge in [-0.1, -0.05) is 6.07 Å². The van der Waals surface area contributed by atoms with E-state index in [0.29, 0.717) is 26.0 Å². The fraction of sp³-hybridized carbons (Fsp3) is 0.615. The van der Waals surface area contributed by atoms with E-state index in [2.05, 4.69) is 11.4 Å². The Kier molecular flexibility index (Phi) is 4.37. The lowest BCUT2D eigenvalue weighted by molar-refractivity contribution is -0.155. The number of thiophene rings is 1. The first kappa shape index (κ1) is 13.5. The van der Waals surface area contributed by atoms with Crippen molar-refractivity contribution in [1.29, 1.82) is 0 Å². The molecule has 18 heavy (non-hydrogen) atoms. The van der Waals surface area contributed by atoms with Crippen LogP contribution in [-0.2, 0) is 20.8 Å². The number of rotatable bonds is 4. The van der Waals surface area contributed by atoms with E-state index < -0.39 is 5.54 Å². The Bertz CT molecular complexity index is 393. The van der Waals surface area contributed by atoms with Gasteiger partial charge >= 0.3 is 5.97 Å². The van der Waals surface area contributed by atoms with Crippen molar-refractivity contribution in [3.05, 3.63) is 22.4 Å². The quantitative estimate of drug-likeness (QED) is 0.849. The molecule has 0 aliphatic carbocycles. The topological polar surface area (TPSA) is 47.6 Å². The maximum absolute atomic E-state index is 12.1. The van der Waals surface area contributed by atoms with Crippen molar-refractivity contribution >= 4 is 17.3 Å². The fourth-order valence-corrected chi connectivity index (χ4v) is 3.01. The standard InChI is InChI=1S/C13H19NO3S/c1-10-8-13(5-6-17-10,12(15)16-2)14-9-11-4-3-7-18-11/h3-4,7,10,14H,5-6,8-9H2,1-2H3. The van der Waals surface area contributed by atoms with Crippen molar-refractivity contribution in [2.24, 2.45) is 0 Å². The summed E-state index contributed by atoms with van der Waals surface area (Å²) in [4.78, 5) is 13.3. The second kappa shape index (κ2) is 5.82. The second-order valence-corrected chi connectivity index (χ2v) is 5.67. The molecule has 0 spiro atoms. The lowest BCUT2D eigenvalue weighted by Crippen LogP contribution is -2.57. The third-order valence-electron chi connectivity index (χ3n) is 3.32. The van der Waals surface area contributed by atoms with Gasteiger partial charge in [0.25, 0.3) is 0 Å². The Morgan fingerprint density at radius 2 is 2.56 bits per heavy atom. The summed E-state index contributed by atoms with van der Waals surface area (Å²) in [7, 11) is 1.44. The van der Waals surface area contributed by atoms with E-state index in [1.54, 1.807) is 11.3 Å². The summed E-state index contributed by atoms with van der Waals surface area (Å²) in [5.74, 6) is -0.186. The van der Waals surface area contributed by atoms with Gasteiger partial charge in [0.05, 0.1) is 13.2 Å². The maximum Gasteiger partial charge on any atom is 0.326 e. The largest absolute Gasteiger partial charge is 0.468 e. The molecule has 2 unspecified atom stereocenters. The van der Waals surface area contributed by atoms with Crippen LogP contribution in [0.2, 0.25) is 0 Å². The SMILES string of the molecule is COC(=O)C1(NCc2cccs2)CCOC(C)C1. The van der Waals surface area contributed by atoms with Crippen LogP contribution in [0.25, 0.3) is 0 Å². The molecule has 0 aromatic carbocycles. The van der Waals surface area contributed by atoms with E-state index in [-0.39, 0.29) is 12.1 Å². The van der Waals surface area contributed by atoms with Crippen molar-refractivity contribution in [2.75, 3.05) is 13.7 Å². The molecule has 1 aromatic heterocycles. The van der Waals surface area contributed by atoms with Crippen molar-refractivity contribution in [1.82, 2.24) is 5.32 Å². The minimum absolute atomic E-state index is 0.0775. The smallest absolute Gasteiger partial charge is 0.326 e. The van der Waals surface area contributed by atoms with Gasteiger partial charge in [0.1, 0.15) is 5.54 Å². The van der Waals surface area contributed by atoms with Crippen LogP contribution in [0.15, 0.2) is 17.5 Å². The molecule has 1 aliphatic rings. The average molecular weight is 269 g/mol. The van der Waals surface area contributed by atoms with Gasteiger partial charge in [-0.2, -0.15) is 0 Å². The number of hydrogen-bond acceptors (Lipinski definition) is 5. The molecule has 1 saturated heterocycles. The van der Waals surface area contributed by atoms with Gasteiger partial charge in [-0.05, 0) is 24.8 Å². The predicted molar refractivity (Wildman–Crippen MR) is 70.6 cm³/mol. The van der Waals surface area contributed by atoms with E-state index in [9.17, 15) is 4.79 Å².